The molecule has 0 fully saturated rings. The first-order valence-corrected chi connectivity index (χ1v) is 5.90. The van der Waals surface area contributed by atoms with E-state index in [1.165, 1.54) is 12.0 Å². The summed E-state index contributed by atoms with van der Waals surface area (Å²) in [5.74, 6) is 0. The molecule has 1 aromatic rings. The summed E-state index contributed by atoms with van der Waals surface area (Å²) in [7, 11) is 1.95. The van der Waals surface area contributed by atoms with Crippen LogP contribution in [-0.4, -0.2) is 17.3 Å². The molecule has 0 aromatic carbocycles. The highest BCUT2D eigenvalue weighted by Crippen LogP contribution is 2.22. The number of nitrogens with one attached hydrogen (secondary N) is 1. The summed E-state index contributed by atoms with van der Waals surface area (Å²) in [6.07, 6.45) is 3.13. The third-order valence-corrected chi connectivity index (χ3v) is 3.29. The van der Waals surface area contributed by atoms with Crippen molar-refractivity contribution in [3.8, 4) is 0 Å². The molecule has 0 aliphatic rings. The zero-order chi connectivity index (χ0) is 10.4. The molecule has 2 nitrogen and oxygen atoms in total. The number of thioether (sulfide) groups is 1. The van der Waals surface area contributed by atoms with E-state index >= 15 is 0 Å². The van der Waals surface area contributed by atoms with Crippen molar-refractivity contribution < 1.29 is 0 Å². The molecule has 3 heteroatoms. The topological polar surface area (TPSA) is 24.9 Å². The second-order valence-electron chi connectivity index (χ2n) is 3.37. The average Bonchev–Trinajstić information content (AvgIpc) is 2.21. The first kappa shape index (κ1) is 11.5. The standard InChI is InChI=1S/C11H18N2S/c1-4-9(2)14-11-6-5-10(7-12-3)8-13-11/h5-6,8-9,12H,4,7H2,1-3H3. The van der Waals surface area contributed by atoms with E-state index in [4.69, 9.17) is 0 Å². The summed E-state index contributed by atoms with van der Waals surface area (Å²) in [5, 5.41) is 4.88. The lowest BCUT2D eigenvalue weighted by molar-refractivity contribution is 0.809. The van der Waals surface area contributed by atoms with Gasteiger partial charge in [0.25, 0.3) is 0 Å². The minimum absolute atomic E-state index is 0.651. The van der Waals surface area contributed by atoms with Gasteiger partial charge in [0, 0.05) is 18.0 Å². The van der Waals surface area contributed by atoms with Crippen molar-refractivity contribution in [2.75, 3.05) is 7.05 Å². The molecule has 0 bridgehead atoms. The second kappa shape index (κ2) is 6.04. The molecule has 14 heavy (non-hydrogen) atoms. The SMILES string of the molecule is CCC(C)Sc1ccc(CNC)cn1. The zero-order valence-corrected chi connectivity index (χ0v) is 9.90. The van der Waals surface area contributed by atoms with Crippen LogP contribution in [0.5, 0.6) is 0 Å². The van der Waals surface area contributed by atoms with Gasteiger partial charge < -0.3 is 5.32 Å². The lowest BCUT2D eigenvalue weighted by Gasteiger charge is -2.07. The lowest BCUT2D eigenvalue weighted by atomic mass is 10.3. The van der Waals surface area contributed by atoms with Crippen LogP contribution in [0, 0.1) is 0 Å². The Labute approximate surface area is 90.5 Å². The Morgan fingerprint density at radius 2 is 2.29 bits per heavy atom. The Balaban J connectivity index is 2.54. The van der Waals surface area contributed by atoms with Gasteiger partial charge in [0.05, 0.1) is 5.03 Å². The number of hydrogen-bond acceptors (Lipinski definition) is 3. The Bertz CT molecular complexity index is 258. The van der Waals surface area contributed by atoms with Gasteiger partial charge in [-0.05, 0) is 25.1 Å². The highest BCUT2D eigenvalue weighted by molar-refractivity contribution is 7.99. The van der Waals surface area contributed by atoms with Crippen molar-refractivity contribution in [2.45, 2.75) is 37.1 Å². The molecular formula is C11H18N2S. The van der Waals surface area contributed by atoms with Crippen LogP contribution >= 0.6 is 11.8 Å². The molecule has 78 valence electrons. The molecule has 0 spiro atoms. The van der Waals surface area contributed by atoms with Crippen LogP contribution in [0.1, 0.15) is 25.8 Å². The molecule has 1 rings (SSSR count). The van der Waals surface area contributed by atoms with Gasteiger partial charge in [0.2, 0.25) is 0 Å². The van der Waals surface area contributed by atoms with Crippen LogP contribution in [0.25, 0.3) is 0 Å². The number of hydrogen-bond donors (Lipinski definition) is 1. The van der Waals surface area contributed by atoms with Crippen LogP contribution in [0.3, 0.4) is 0 Å². The van der Waals surface area contributed by atoms with Crippen molar-refractivity contribution in [3.63, 3.8) is 0 Å². The Morgan fingerprint density at radius 1 is 1.50 bits per heavy atom. The third kappa shape index (κ3) is 3.68. The molecule has 0 aliphatic carbocycles. The maximum Gasteiger partial charge on any atom is 0.0962 e. The molecule has 0 saturated carbocycles. The van der Waals surface area contributed by atoms with E-state index in [0.717, 1.165) is 11.6 Å². The summed E-state index contributed by atoms with van der Waals surface area (Å²) in [4.78, 5) is 4.41. The zero-order valence-electron chi connectivity index (χ0n) is 9.08. The second-order valence-corrected chi connectivity index (χ2v) is 4.83. The van der Waals surface area contributed by atoms with Crippen LogP contribution in [-0.2, 0) is 6.54 Å². The molecule has 1 aromatic heterocycles. The van der Waals surface area contributed by atoms with Crippen molar-refractivity contribution in [1.82, 2.24) is 10.3 Å². The van der Waals surface area contributed by atoms with E-state index in [-0.39, 0.29) is 0 Å². The van der Waals surface area contributed by atoms with E-state index in [9.17, 15) is 0 Å². The summed E-state index contributed by atoms with van der Waals surface area (Å²) < 4.78 is 0. The Morgan fingerprint density at radius 3 is 2.79 bits per heavy atom. The third-order valence-electron chi connectivity index (χ3n) is 2.08. The van der Waals surface area contributed by atoms with Crippen LogP contribution < -0.4 is 5.32 Å². The first-order chi connectivity index (χ1) is 6.76. The first-order valence-electron chi connectivity index (χ1n) is 5.02. The van der Waals surface area contributed by atoms with Gasteiger partial charge in [-0.1, -0.05) is 19.9 Å². The van der Waals surface area contributed by atoms with Crippen LogP contribution in [0.4, 0.5) is 0 Å². The fourth-order valence-electron chi connectivity index (χ4n) is 1.08. The van der Waals surface area contributed by atoms with Crippen LogP contribution in [0.15, 0.2) is 23.4 Å². The number of aromatic nitrogens is 1. The van der Waals surface area contributed by atoms with Gasteiger partial charge in [0.15, 0.2) is 0 Å². The highest BCUT2D eigenvalue weighted by Gasteiger charge is 2.02. The maximum absolute atomic E-state index is 4.41. The van der Waals surface area contributed by atoms with Crippen molar-refractivity contribution >= 4 is 11.8 Å². The number of rotatable bonds is 5. The quantitative estimate of drug-likeness (QED) is 0.756. The molecule has 1 atom stereocenters. The Kier molecular flexibility index (Phi) is 4.98. The summed E-state index contributed by atoms with van der Waals surface area (Å²) >= 11 is 1.84. The van der Waals surface area contributed by atoms with Gasteiger partial charge in [-0.2, -0.15) is 0 Å². The average molecular weight is 210 g/mol. The normalized spacial score (nSPS) is 12.8. The van der Waals surface area contributed by atoms with Gasteiger partial charge in [-0.3, -0.25) is 0 Å². The minimum atomic E-state index is 0.651. The largest absolute Gasteiger partial charge is 0.316 e. The fraction of sp³-hybridized carbons (Fsp3) is 0.545. The smallest absolute Gasteiger partial charge is 0.0962 e. The Hall–Kier alpha value is -0.540. The summed E-state index contributed by atoms with van der Waals surface area (Å²) in [6.45, 7) is 5.32. The molecule has 1 N–H and O–H groups in total. The molecule has 0 radical (unpaired) electrons. The van der Waals surface area contributed by atoms with Crippen molar-refractivity contribution in [2.24, 2.45) is 0 Å². The predicted octanol–water partition coefficient (Wildman–Crippen LogP) is 2.69. The number of pyridine rings is 1. The maximum atomic E-state index is 4.41. The predicted molar refractivity (Wildman–Crippen MR) is 62.6 cm³/mol. The van der Waals surface area contributed by atoms with Crippen molar-refractivity contribution in [3.05, 3.63) is 23.9 Å². The monoisotopic (exact) mass is 210 g/mol. The number of nitrogens with zero attached hydrogens (tertiary/aromatic N) is 1. The van der Waals surface area contributed by atoms with Crippen LogP contribution in [0.2, 0.25) is 0 Å². The van der Waals surface area contributed by atoms with Gasteiger partial charge >= 0.3 is 0 Å². The molecule has 1 unspecified atom stereocenters. The summed E-state index contributed by atoms with van der Waals surface area (Å²) in [6, 6.07) is 4.23. The van der Waals surface area contributed by atoms with Gasteiger partial charge in [-0.25, -0.2) is 4.98 Å². The summed E-state index contributed by atoms with van der Waals surface area (Å²) in [5.41, 5.74) is 1.24. The molecule has 0 saturated heterocycles. The molecular weight excluding hydrogens is 192 g/mol. The van der Waals surface area contributed by atoms with Gasteiger partial charge in [-0.15, -0.1) is 11.8 Å². The van der Waals surface area contributed by atoms with E-state index in [0.29, 0.717) is 5.25 Å². The molecule has 1 heterocycles. The highest BCUT2D eigenvalue weighted by atomic mass is 32.2. The van der Waals surface area contributed by atoms with Crippen molar-refractivity contribution in [1.29, 1.82) is 0 Å². The van der Waals surface area contributed by atoms with Gasteiger partial charge in [0.1, 0.15) is 0 Å². The fourth-order valence-corrected chi connectivity index (χ4v) is 1.92. The lowest BCUT2D eigenvalue weighted by Crippen LogP contribution is -2.05. The van der Waals surface area contributed by atoms with E-state index in [1.54, 1.807) is 0 Å². The van der Waals surface area contributed by atoms with E-state index in [1.807, 2.05) is 25.0 Å². The molecule has 0 aliphatic heterocycles. The van der Waals surface area contributed by atoms with E-state index in [2.05, 4.69) is 36.3 Å². The van der Waals surface area contributed by atoms with E-state index < -0.39 is 0 Å². The minimum Gasteiger partial charge on any atom is -0.316 e. The molecule has 0 amide bonds.